The molecule has 1 saturated carbocycles. The number of aliphatic hydroxyl groups excluding tert-OH is 1. The lowest BCUT2D eigenvalue weighted by Crippen LogP contribution is -2.10. The number of carbonyl (C=O) groups is 1. The summed E-state index contributed by atoms with van der Waals surface area (Å²) in [5.41, 5.74) is 1.34. The lowest BCUT2D eigenvalue weighted by atomic mass is 9.81. The molecular formula is C16H26O4. The maximum Gasteiger partial charge on any atom is 0.371 e. The van der Waals surface area contributed by atoms with Crippen LogP contribution in [0.15, 0.2) is 23.5 Å². The Morgan fingerprint density at radius 3 is 2.80 bits per heavy atom. The maximum atomic E-state index is 10.9. The van der Waals surface area contributed by atoms with Crippen LogP contribution in [0.3, 0.4) is 0 Å². The first kappa shape index (κ1) is 16.8. The van der Waals surface area contributed by atoms with E-state index >= 15 is 0 Å². The van der Waals surface area contributed by atoms with E-state index in [4.69, 9.17) is 14.9 Å². The van der Waals surface area contributed by atoms with Crippen LogP contribution in [0.1, 0.15) is 51.4 Å². The number of allylic oxidation sites excluding steroid dienone is 3. The molecule has 0 bridgehead atoms. The number of rotatable bonds is 8. The fourth-order valence-corrected chi connectivity index (χ4v) is 2.75. The van der Waals surface area contributed by atoms with Crippen LogP contribution in [-0.4, -0.2) is 29.9 Å². The highest BCUT2D eigenvalue weighted by molar-refractivity contribution is 5.84. The van der Waals surface area contributed by atoms with Crippen LogP contribution in [0.5, 0.6) is 0 Å². The summed E-state index contributed by atoms with van der Waals surface area (Å²) < 4.78 is 4.84. The molecule has 0 amide bonds. The first-order valence-corrected chi connectivity index (χ1v) is 7.48. The van der Waals surface area contributed by atoms with Gasteiger partial charge in [-0.15, -0.1) is 0 Å². The molecule has 0 radical (unpaired) electrons. The molecule has 0 spiro atoms. The quantitative estimate of drug-likeness (QED) is 0.407. The summed E-state index contributed by atoms with van der Waals surface area (Å²) >= 11 is 0. The van der Waals surface area contributed by atoms with Gasteiger partial charge in [0.25, 0.3) is 0 Å². The third-order valence-corrected chi connectivity index (χ3v) is 3.88. The SMILES string of the molecule is COC(=CC=C1CCCCC1CCCCCO)C(=O)O. The molecule has 20 heavy (non-hydrogen) atoms. The van der Waals surface area contributed by atoms with E-state index < -0.39 is 5.97 Å². The predicted octanol–water partition coefficient (Wildman–Crippen LogP) is 3.27. The molecule has 1 atom stereocenters. The number of carboxylic acids is 1. The zero-order valence-corrected chi connectivity index (χ0v) is 12.3. The average molecular weight is 282 g/mol. The second-order valence-electron chi connectivity index (χ2n) is 5.30. The summed E-state index contributed by atoms with van der Waals surface area (Å²) in [6, 6.07) is 0. The molecular weight excluding hydrogens is 256 g/mol. The van der Waals surface area contributed by atoms with Crippen LogP contribution >= 0.6 is 0 Å². The highest BCUT2D eigenvalue weighted by Crippen LogP contribution is 2.33. The van der Waals surface area contributed by atoms with Crippen molar-refractivity contribution in [3.05, 3.63) is 23.5 Å². The van der Waals surface area contributed by atoms with Crippen molar-refractivity contribution in [3.63, 3.8) is 0 Å². The number of ether oxygens (including phenoxy) is 1. The number of methoxy groups -OCH3 is 1. The Balaban J connectivity index is 2.60. The predicted molar refractivity (Wildman–Crippen MR) is 78.3 cm³/mol. The Labute approximate surface area is 121 Å². The van der Waals surface area contributed by atoms with E-state index in [0.29, 0.717) is 5.92 Å². The normalized spacial score (nSPS) is 22.0. The molecule has 1 unspecified atom stereocenters. The molecule has 0 aromatic heterocycles. The number of hydrogen-bond donors (Lipinski definition) is 2. The molecule has 1 aliphatic rings. The van der Waals surface area contributed by atoms with Gasteiger partial charge in [0, 0.05) is 6.61 Å². The van der Waals surface area contributed by atoms with Crippen LogP contribution in [0.4, 0.5) is 0 Å². The monoisotopic (exact) mass is 282 g/mol. The van der Waals surface area contributed by atoms with Crippen molar-refractivity contribution in [2.45, 2.75) is 51.4 Å². The van der Waals surface area contributed by atoms with E-state index in [1.54, 1.807) is 6.08 Å². The molecule has 0 saturated heterocycles. The van der Waals surface area contributed by atoms with Gasteiger partial charge in [-0.3, -0.25) is 0 Å². The van der Waals surface area contributed by atoms with Crippen LogP contribution in [-0.2, 0) is 9.53 Å². The minimum absolute atomic E-state index is 0.0119. The van der Waals surface area contributed by atoms with Crippen molar-refractivity contribution in [1.29, 1.82) is 0 Å². The highest BCUT2D eigenvalue weighted by atomic mass is 16.5. The van der Waals surface area contributed by atoms with Crippen LogP contribution in [0, 0.1) is 5.92 Å². The van der Waals surface area contributed by atoms with Crippen molar-refractivity contribution in [2.24, 2.45) is 5.92 Å². The van der Waals surface area contributed by atoms with E-state index in [0.717, 1.165) is 32.1 Å². The number of carboxylic acid groups (broad SMARTS) is 1. The second-order valence-corrected chi connectivity index (χ2v) is 5.30. The van der Waals surface area contributed by atoms with Gasteiger partial charge in [-0.05, 0) is 44.1 Å². The maximum absolute atomic E-state index is 10.9. The van der Waals surface area contributed by atoms with Crippen LogP contribution in [0.25, 0.3) is 0 Å². The van der Waals surface area contributed by atoms with Gasteiger partial charge in [-0.1, -0.05) is 30.9 Å². The molecule has 1 rings (SSSR count). The lowest BCUT2D eigenvalue weighted by molar-refractivity contribution is -0.136. The smallest absolute Gasteiger partial charge is 0.371 e. The van der Waals surface area contributed by atoms with E-state index in [9.17, 15) is 4.79 Å². The fraction of sp³-hybridized carbons (Fsp3) is 0.688. The van der Waals surface area contributed by atoms with Crippen molar-refractivity contribution in [3.8, 4) is 0 Å². The molecule has 0 aliphatic heterocycles. The third-order valence-electron chi connectivity index (χ3n) is 3.88. The lowest BCUT2D eigenvalue weighted by Gasteiger charge is -2.25. The minimum atomic E-state index is -1.03. The van der Waals surface area contributed by atoms with E-state index in [-0.39, 0.29) is 12.4 Å². The standard InChI is InChI=1S/C16H26O4/c1-20-15(16(18)19)11-10-14-9-5-4-8-13(14)7-3-2-6-12-17/h10-11,13,17H,2-9,12H2,1H3,(H,18,19). The van der Waals surface area contributed by atoms with Gasteiger partial charge in [-0.25, -0.2) is 4.79 Å². The van der Waals surface area contributed by atoms with Gasteiger partial charge in [0.05, 0.1) is 7.11 Å². The number of aliphatic carboxylic acids is 1. The Kier molecular flexibility index (Phi) is 8.04. The summed E-state index contributed by atoms with van der Waals surface area (Å²) in [6.07, 6.45) is 12.4. The molecule has 2 N–H and O–H groups in total. The van der Waals surface area contributed by atoms with Gasteiger partial charge in [0.2, 0.25) is 5.76 Å². The van der Waals surface area contributed by atoms with E-state index in [1.165, 1.54) is 31.9 Å². The first-order chi connectivity index (χ1) is 9.69. The Morgan fingerprint density at radius 1 is 1.35 bits per heavy atom. The Hall–Kier alpha value is -1.29. The zero-order valence-electron chi connectivity index (χ0n) is 12.3. The Bertz CT molecular complexity index is 357. The number of aliphatic hydroxyl groups is 1. The first-order valence-electron chi connectivity index (χ1n) is 7.48. The van der Waals surface area contributed by atoms with Gasteiger partial charge in [0.15, 0.2) is 0 Å². The molecule has 1 fully saturated rings. The molecule has 4 heteroatoms. The number of hydrogen-bond acceptors (Lipinski definition) is 3. The van der Waals surface area contributed by atoms with E-state index in [1.807, 2.05) is 6.08 Å². The van der Waals surface area contributed by atoms with E-state index in [2.05, 4.69) is 0 Å². The topological polar surface area (TPSA) is 66.8 Å². The summed E-state index contributed by atoms with van der Waals surface area (Å²) in [5, 5.41) is 17.7. The van der Waals surface area contributed by atoms with Crippen molar-refractivity contribution >= 4 is 5.97 Å². The van der Waals surface area contributed by atoms with Crippen molar-refractivity contribution < 1.29 is 19.7 Å². The Morgan fingerprint density at radius 2 is 2.15 bits per heavy atom. The highest BCUT2D eigenvalue weighted by Gasteiger charge is 2.18. The summed E-state index contributed by atoms with van der Waals surface area (Å²) in [4.78, 5) is 10.9. The fourth-order valence-electron chi connectivity index (χ4n) is 2.75. The van der Waals surface area contributed by atoms with Gasteiger partial charge in [0.1, 0.15) is 0 Å². The molecule has 0 aromatic rings. The average Bonchev–Trinajstić information content (AvgIpc) is 2.45. The van der Waals surface area contributed by atoms with Gasteiger partial charge >= 0.3 is 5.97 Å². The molecule has 4 nitrogen and oxygen atoms in total. The third kappa shape index (κ3) is 5.78. The molecule has 114 valence electrons. The van der Waals surface area contributed by atoms with Crippen LogP contribution in [0.2, 0.25) is 0 Å². The van der Waals surface area contributed by atoms with Gasteiger partial charge < -0.3 is 14.9 Å². The summed E-state index contributed by atoms with van der Waals surface area (Å²) in [7, 11) is 1.38. The summed E-state index contributed by atoms with van der Waals surface area (Å²) in [5.74, 6) is -0.479. The molecule has 1 aliphatic carbocycles. The van der Waals surface area contributed by atoms with Crippen LogP contribution < -0.4 is 0 Å². The zero-order chi connectivity index (χ0) is 14.8. The van der Waals surface area contributed by atoms with Crippen molar-refractivity contribution in [1.82, 2.24) is 0 Å². The number of unbranched alkanes of at least 4 members (excludes halogenated alkanes) is 2. The molecule has 0 heterocycles. The summed E-state index contributed by atoms with van der Waals surface area (Å²) in [6.45, 7) is 0.270. The second kappa shape index (κ2) is 9.59. The van der Waals surface area contributed by atoms with Crippen molar-refractivity contribution in [2.75, 3.05) is 13.7 Å². The molecule has 0 aromatic carbocycles. The van der Waals surface area contributed by atoms with Gasteiger partial charge in [-0.2, -0.15) is 0 Å². The minimum Gasteiger partial charge on any atom is -0.490 e. The largest absolute Gasteiger partial charge is 0.490 e.